The molecule has 236 valence electrons. The molecule has 5 aromatic rings. The molecule has 1 saturated heterocycles. The van der Waals surface area contributed by atoms with Gasteiger partial charge in [-0.1, -0.05) is 41.9 Å². The van der Waals surface area contributed by atoms with Gasteiger partial charge in [0.2, 0.25) is 12.3 Å². The number of benzene rings is 3. The van der Waals surface area contributed by atoms with Crippen molar-refractivity contribution < 1.29 is 28.2 Å². The van der Waals surface area contributed by atoms with Crippen LogP contribution in [0.3, 0.4) is 0 Å². The smallest absolute Gasteiger partial charge is 0.341 e. The number of ether oxygens (including phenoxy) is 1. The lowest BCUT2D eigenvalue weighted by Crippen LogP contribution is -2.65. The van der Waals surface area contributed by atoms with Gasteiger partial charge in [0.1, 0.15) is 24.6 Å². The highest BCUT2D eigenvalue weighted by atomic mass is 35.5. The van der Waals surface area contributed by atoms with Crippen molar-refractivity contribution in [2.75, 3.05) is 0 Å². The van der Waals surface area contributed by atoms with Gasteiger partial charge in [-0.2, -0.15) is 10.2 Å². The summed E-state index contributed by atoms with van der Waals surface area (Å²) < 4.78 is 38.4. The van der Waals surface area contributed by atoms with Crippen molar-refractivity contribution >= 4 is 46.2 Å². The Hall–Kier alpha value is -5.41. The van der Waals surface area contributed by atoms with E-state index in [-0.39, 0.29) is 41.2 Å². The minimum Gasteiger partial charge on any atom is -0.457 e. The normalized spacial score (nSPS) is 15.9. The number of urea groups is 1. The first-order valence-electron chi connectivity index (χ1n) is 13.8. The van der Waals surface area contributed by atoms with E-state index in [4.69, 9.17) is 16.3 Å². The highest BCUT2D eigenvalue weighted by Crippen LogP contribution is 2.31. The highest BCUT2D eigenvalue weighted by Gasteiger charge is 2.38. The Morgan fingerprint density at radius 2 is 1.83 bits per heavy atom. The number of carbonyl (C=O) groups excluding carboxylic acids is 2. The fourth-order valence-corrected chi connectivity index (χ4v) is 5.05. The summed E-state index contributed by atoms with van der Waals surface area (Å²) in [6.45, 7) is -0.814. The second-order valence-electron chi connectivity index (χ2n) is 10.5. The lowest BCUT2D eigenvalue weighted by Gasteiger charge is -2.41. The number of hydrogen-bond donors (Lipinski definition) is 2. The number of hydrogen-bond acceptors (Lipinski definition) is 8. The van der Waals surface area contributed by atoms with Gasteiger partial charge in [-0.05, 0) is 23.8 Å². The Kier molecular flexibility index (Phi) is 8.34. The molecule has 1 fully saturated rings. The first-order valence-corrected chi connectivity index (χ1v) is 14.2. The van der Waals surface area contributed by atoms with Gasteiger partial charge >= 0.3 is 12.0 Å². The number of nitrogens with one attached hydrogen (secondary N) is 1. The van der Waals surface area contributed by atoms with E-state index in [0.717, 1.165) is 15.9 Å². The fourth-order valence-electron chi connectivity index (χ4n) is 4.85. The number of fused-ring (bicyclic) bond motifs is 1. The van der Waals surface area contributed by atoms with Crippen LogP contribution in [-0.2, 0) is 38.5 Å². The number of aliphatic hydroxyl groups is 1. The molecule has 3 aromatic carbocycles. The number of amides is 2. The maximum atomic E-state index is 15.3. The zero-order valence-corrected chi connectivity index (χ0v) is 25.2. The van der Waals surface area contributed by atoms with Crippen LogP contribution in [0.15, 0.2) is 72.1 Å². The minimum absolute atomic E-state index is 0.127. The maximum absolute atomic E-state index is 15.3. The molecule has 0 spiro atoms. The number of aryl methyl sites for hydroxylation is 2. The van der Waals surface area contributed by atoms with Crippen LogP contribution in [0.25, 0.3) is 10.9 Å². The van der Waals surface area contributed by atoms with Crippen molar-refractivity contribution in [3.05, 3.63) is 106 Å². The average molecular weight is 650 g/mol. The Morgan fingerprint density at radius 1 is 1.04 bits per heavy atom. The predicted molar refractivity (Wildman–Crippen MR) is 161 cm³/mol. The summed E-state index contributed by atoms with van der Waals surface area (Å²) in [5.74, 6) is -3.11. The predicted octanol–water partition coefficient (Wildman–Crippen LogP) is 3.98. The molecule has 3 heterocycles. The molecule has 16 heteroatoms. The molecular weight excluding hydrogens is 624 g/mol. The van der Waals surface area contributed by atoms with Crippen LogP contribution in [0.2, 0.25) is 5.02 Å². The monoisotopic (exact) mass is 649 g/mol. The summed E-state index contributed by atoms with van der Waals surface area (Å²) in [6, 6.07) is 12.8. The Balaban J connectivity index is 1.35. The molecule has 13 nitrogen and oxygen atoms in total. The van der Waals surface area contributed by atoms with Gasteiger partial charge in [0, 0.05) is 37.3 Å². The van der Waals surface area contributed by atoms with Crippen molar-refractivity contribution in [3.8, 4) is 0 Å². The second kappa shape index (κ2) is 12.5. The number of aromatic nitrogens is 5. The van der Waals surface area contributed by atoms with E-state index in [9.17, 15) is 19.1 Å². The van der Waals surface area contributed by atoms with E-state index < -0.39 is 42.1 Å². The van der Waals surface area contributed by atoms with Gasteiger partial charge in [-0.25, -0.2) is 28.3 Å². The maximum Gasteiger partial charge on any atom is 0.341 e. The van der Waals surface area contributed by atoms with Gasteiger partial charge in [-0.15, -0.1) is 0 Å². The molecule has 46 heavy (non-hydrogen) atoms. The molecule has 2 N–H and O–H groups in total. The van der Waals surface area contributed by atoms with Crippen molar-refractivity contribution in [2.24, 2.45) is 19.1 Å². The van der Waals surface area contributed by atoms with Crippen LogP contribution in [0.1, 0.15) is 27.3 Å². The summed E-state index contributed by atoms with van der Waals surface area (Å²) in [7, 11) is 3.38. The highest BCUT2D eigenvalue weighted by molar-refractivity contribution is 6.34. The number of aliphatic hydroxyl groups excluding tert-OH is 1. The average Bonchev–Trinajstić information content (AvgIpc) is 3.60. The third-order valence-corrected chi connectivity index (χ3v) is 7.39. The summed E-state index contributed by atoms with van der Waals surface area (Å²) in [5.41, 5.74) is 0.799. The van der Waals surface area contributed by atoms with Crippen molar-refractivity contribution in [1.29, 1.82) is 0 Å². The summed E-state index contributed by atoms with van der Waals surface area (Å²) in [4.78, 5) is 36.8. The third-order valence-electron chi connectivity index (χ3n) is 7.09. The van der Waals surface area contributed by atoms with Crippen LogP contribution in [0, 0.1) is 11.6 Å². The van der Waals surface area contributed by atoms with Crippen LogP contribution in [-0.4, -0.2) is 63.8 Å². The molecular formula is C30H26ClF2N9O4. The largest absolute Gasteiger partial charge is 0.457 e. The number of guanidine groups is 1. The summed E-state index contributed by atoms with van der Waals surface area (Å²) >= 11 is 6.49. The number of aliphatic imine (C=N–C) groups is 1. The number of nitrogens with zero attached hydrogens (tertiary/aromatic N) is 8. The quantitative estimate of drug-likeness (QED) is 0.240. The molecule has 6 rings (SSSR count). The van der Waals surface area contributed by atoms with Crippen molar-refractivity contribution in [3.63, 3.8) is 0 Å². The molecule has 0 saturated carbocycles. The van der Waals surface area contributed by atoms with Gasteiger partial charge in [0.15, 0.2) is 5.82 Å². The van der Waals surface area contributed by atoms with E-state index in [1.165, 1.54) is 11.0 Å². The van der Waals surface area contributed by atoms with E-state index in [1.807, 2.05) is 0 Å². The zero-order chi connectivity index (χ0) is 32.5. The van der Waals surface area contributed by atoms with Gasteiger partial charge in [-0.3, -0.25) is 24.5 Å². The molecule has 1 atom stereocenters. The van der Waals surface area contributed by atoms with Crippen LogP contribution in [0.5, 0.6) is 0 Å². The fraction of sp³-hybridized carbons (Fsp3) is 0.200. The lowest BCUT2D eigenvalue weighted by molar-refractivity contribution is -0.0742. The van der Waals surface area contributed by atoms with Crippen LogP contribution >= 0.6 is 11.6 Å². The Morgan fingerprint density at radius 3 is 2.57 bits per heavy atom. The molecule has 1 aliphatic heterocycles. The van der Waals surface area contributed by atoms with Crippen molar-refractivity contribution in [1.82, 2.24) is 39.7 Å². The summed E-state index contributed by atoms with van der Waals surface area (Å²) in [5, 5.41) is 23.4. The number of carbonyl (C=O) groups is 2. The topological polar surface area (TPSA) is 143 Å². The zero-order valence-electron chi connectivity index (χ0n) is 24.4. The SMILES string of the molecule is Cn1cnc(CN2C(=O)NC(=Nc3cc4cn(C)nc4cc3Cl)N(Cc3cc(C(=O)OCc4ccccc4)c(F)cc3F)C2O)n1. The van der Waals surface area contributed by atoms with Gasteiger partial charge in [0.25, 0.3) is 0 Å². The minimum atomic E-state index is -1.73. The first-order chi connectivity index (χ1) is 22.0. The van der Waals surface area contributed by atoms with Gasteiger partial charge < -0.3 is 9.84 Å². The molecule has 2 aromatic heterocycles. The molecule has 1 aliphatic rings. The van der Waals surface area contributed by atoms with Crippen LogP contribution in [0.4, 0.5) is 19.3 Å². The molecule has 0 radical (unpaired) electrons. The van der Waals surface area contributed by atoms with E-state index in [1.54, 1.807) is 67.4 Å². The van der Waals surface area contributed by atoms with Gasteiger partial charge in [0.05, 0.1) is 34.9 Å². The number of rotatable bonds is 8. The third kappa shape index (κ3) is 6.36. The molecule has 1 unspecified atom stereocenters. The lowest BCUT2D eigenvalue weighted by atomic mass is 10.1. The van der Waals surface area contributed by atoms with Crippen LogP contribution < -0.4 is 5.32 Å². The van der Waals surface area contributed by atoms with E-state index in [2.05, 4.69) is 25.5 Å². The first kappa shape index (κ1) is 30.6. The molecule has 0 bridgehead atoms. The second-order valence-corrected chi connectivity index (χ2v) is 10.9. The van der Waals surface area contributed by atoms with E-state index >= 15 is 4.39 Å². The standard InChI is InChI=1S/C30H26ClF2N9O4/c1-39-12-19-9-25(21(31)10-24(19)37-39)35-28-36-29(44)42(14-26-34-16-40(2)38-26)30(45)41(28)13-18-8-20(23(33)11-22(18)32)27(43)46-15-17-6-4-3-5-7-17/h3-12,16,30,45H,13-15H2,1-2H3,(H,35,36,44). The summed E-state index contributed by atoms with van der Waals surface area (Å²) in [6.07, 6.45) is 1.45. The number of esters is 1. The molecule has 2 amide bonds. The number of halogens is 3. The Labute approximate surface area is 265 Å². The van der Waals surface area contributed by atoms with Crippen molar-refractivity contribution in [2.45, 2.75) is 26.0 Å². The van der Waals surface area contributed by atoms with E-state index in [0.29, 0.717) is 22.5 Å². The Bertz CT molecular complexity index is 1980. The molecule has 0 aliphatic carbocycles.